The Balaban J connectivity index is 1.69. The number of hydrogen-bond acceptors (Lipinski definition) is 7. The number of aryl methyl sites for hydroxylation is 1. The molecule has 12 heteroatoms. The molecule has 1 N–H and O–H groups in total. The van der Waals surface area contributed by atoms with E-state index in [0.29, 0.717) is 11.1 Å². The van der Waals surface area contributed by atoms with Crippen LogP contribution in [0.5, 0.6) is 0 Å². The normalized spacial score (nSPS) is 18.6. The molecule has 0 bridgehead atoms. The Morgan fingerprint density at radius 1 is 1.11 bits per heavy atom. The van der Waals surface area contributed by atoms with Gasteiger partial charge in [-0.1, -0.05) is 18.2 Å². The number of halogens is 5. The first kappa shape index (κ1) is 26.1. The van der Waals surface area contributed by atoms with E-state index in [-0.39, 0.29) is 41.2 Å². The molecule has 37 heavy (non-hydrogen) atoms. The fourth-order valence-corrected chi connectivity index (χ4v) is 4.10. The molecular formula is C25H21F5N2O5. The Bertz CT molecular complexity index is 1410. The van der Waals surface area contributed by atoms with E-state index in [0.717, 1.165) is 6.07 Å². The van der Waals surface area contributed by atoms with E-state index in [4.69, 9.17) is 4.42 Å². The average molecular weight is 524 g/mol. The lowest BCUT2D eigenvalue weighted by Gasteiger charge is -2.21. The van der Waals surface area contributed by atoms with Gasteiger partial charge < -0.3 is 19.4 Å². The highest BCUT2D eigenvalue weighted by Crippen LogP contribution is 2.32. The Morgan fingerprint density at radius 2 is 1.76 bits per heavy atom. The zero-order valence-electron chi connectivity index (χ0n) is 19.6. The summed E-state index contributed by atoms with van der Waals surface area (Å²) in [6.07, 6.45) is -8.79. The predicted octanol–water partition coefficient (Wildman–Crippen LogP) is 5.02. The van der Waals surface area contributed by atoms with Crippen molar-refractivity contribution < 1.29 is 40.7 Å². The van der Waals surface area contributed by atoms with Gasteiger partial charge in [0.25, 0.3) is 0 Å². The smallest absolute Gasteiger partial charge is 0.440 e. The van der Waals surface area contributed by atoms with Crippen LogP contribution in [-0.4, -0.2) is 43.5 Å². The maximum atomic E-state index is 13.7. The zero-order chi connectivity index (χ0) is 27.1. The Hall–Kier alpha value is -3.96. The van der Waals surface area contributed by atoms with Gasteiger partial charge in [0.05, 0.1) is 30.1 Å². The molecule has 196 valence electrons. The summed E-state index contributed by atoms with van der Waals surface area (Å²) in [6.45, 7) is 2.82. The summed E-state index contributed by atoms with van der Waals surface area (Å²) < 4.78 is 75.0. The minimum atomic E-state index is -5.35. The topological polar surface area (TPSA) is 88.8 Å². The third-order valence-electron chi connectivity index (χ3n) is 5.88. The molecule has 0 saturated carbocycles. The third kappa shape index (κ3) is 5.42. The number of rotatable bonds is 5. The van der Waals surface area contributed by atoms with E-state index in [1.807, 2.05) is 0 Å². The van der Waals surface area contributed by atoms with Gasteiger partial charge >= 0.3 is 18.1 Å². The van der Waals surface area contributed by atoms with Gasteiger partial charge in [-0.25, -0.2) is 18.4 Å². The first-order chi connectivity index (χ1) is 17.3. The molecule has 3 atom stereocenters. The number of ether oxygens (including phenoxy) is 1. The number of hydrogen-bond donors (Lipinski definition) is 1. The number of benzene rings is 2. The standard InChI is InChI=1S/C25H21F5N2O5/c1-12-7-15(22-16(8-12)20(33)9-21(36-22)32-10-17(26)18(27)11-32)13(2)31-19-6-4-3-5-14(19)23(34)37-24(35)25(28,29)30/h3-9,13,17-18,31H,10-11H2,1-2H3/t13?,17-,18+. The van der Waals surface area contributed by atoms with E-state index < -0.39 is 41.9 Å². The van der Waals surface area contributed by atoms with Crippen LogP contribution in [0.15, 0.2) is 51.7 Å². The number of nitrogens with zero attached hydrogens (tertiary/aromatic N) is 1. The molecule has 0 spiro atoms. The van der Waals surface area contributed by atoms with E-state index in [2.05, 4.69) is 10.1 Å². The lowest BCUT2D eigenvalue weighted by molar-refractivity contribution is -0.193. The molecule has 1 fully saturated rings. The molecule has 1 aliphatic heterocycles. The second-order valence-electron chi connectivity index (χ2n) is 8.70. The number of esters is 2. The average Bonchev–Trinajstić information content (AvgIpc) is 3.16. The number of anilines is 2. The zero-order valence-corrected chi connectivity index (χ0v) is 19.6. The van der Waals surface area contributed by atoms with Crippen LogP contribution in [0.2, 0.25) is 0 Å². The first-order valence-corrected chi connectivity index (χ1v) is 11.2. The van der Waals surface area contributed by atoms with Crippen molar-refractivity contribution in [3.63, 3.8) is 0 Å². The SMILES string of the molecule is Cc1cc(C(C)Nc2ccccc2C(=O)OC(=O)C(F)(F)F)c2oc(N3C[C@@H](F)[C@@H](F)C3)cc(=O)c2c1. The second-order valence-corrected chi connectivity index (χ2v) is 8.70. The molecule has 0 amide bonds. The number of carbonyl (C=O) groups excluding carboxylic acids is 2. The molecule has 2 heterocycles. The summed E-state index contributed by atoms with van der Waals surface area (Å²) >= 11 is 0. The fraction of sp³-hybridized carbons (Fsp3) is 0.320. The van der Waals surface area contributed by atoms with Gasteiger partial charge in [0.2, 0.25) is 0 Å². The molecular weight excluding hydrogens is 503 g/mol. The van der Waals surface area contributed by atoms with Crippen LogP contribution in [-0.2, 0) is 9.53 Å². The van der Waals surface area contributed by atoms with Crippen LogP contribution < -0.4 is 15.6 Å². The fourth-order valence-electron chi connectivity index (χ4n) is 4.10. The summed E-state index contributed by atoms with van der Waals surface area (Å²) in [6, 6.07) is 9.24. The molecule has 3 aromatic rings. The van der Waals surface area contributed by atoms with E-state index in [9.17, 15) is 36.3 Å². The van der Waals surface area contributed by atoms with Crippen LogP contribution in [0.25, 0.3) is 11.0 Å². The molecule has 0 radical (unpaired) electrons. The summed E-state index contributed by atoms with van der Waals surface area (Å²) in [7, 11) is 0. The first-order valence-electron chi connectivity index (χ1n) is 11.2. The van der Waals surface area contributed by atoms with Gasteiger partial charge in [0.1, 0.15) is 5.58 Å². The van der Waals surface area contributed by atoms with Crippen LogP contribution >= 0.6 is 0 Å². The van der Waals surface area contributed by atoms with Crippen molar-refractivity contribution in [1.82, 2.24) is 0 Å². The number of para-hydroxylation sites is 1. The van der Waals surface area contributed by atoms with Crippen molar-refractivity contribution in [2.75, 3.05) is 23.3 Å². The molecule has 2 aromatic carbocycles. The van der Waals surface area contributed by atoms with Crippen LogP contribution in [0.1, 0.15) is 34.5 Å². The van der Waals surface area contributed by atoms with Crippen molar-refractivity contribution in [3.8, 4) is 0 Å². The predicted molar refractivity (Wildman–Crippen MR) is 124 cm³/mol. The number of alkyl halides is 5. The molecule has 1 aliphatic rings. The van der Waals surface area contributed by atoms with Crippen molar-refractivity contribution in [1.29, 1.82) is 0 Å². The highest BCUT2D eigenvalue weighted by Gasteiger charge is 2.43. The third-order valence-corrected chi connectivity index (χ3v) is 5.88. The lowest BCUT2D eigenvalue weighted by atomic mass is 10.0. The number of carbonyl (C=O) groups is 2. The van der Waals surface area contributed by atoms with Crippen molar-refractivity contribution in [2.24, 2.45) is 0 Å². The molecule has 1 aromatic heterocycles. The molecule has 4 rings (SSSR count). The highest BCUT2D eigenvalue weighted by molar-refractivity contribution is 6.02. The van der Waals surface area contributed by atoms with Gasteiger partial charge in [0, 0.05) is 17.3 Å². The second kappa shape index (κ2) is 9.83. The molecule has 7 nitrogen and oxygen atoms in total. The van der Waals surface area contributed by atoms with Crippen LogP contribution in [0, 0.1) is 6.92 Å². The quantitative estimate of drug-likeness (QED) is 0.285. The van der Waals surface area contributed by atoms with Gasteiger partial charge in [-0.05, 0) is 37.6 Å². The molecule has 1 unspecified atom stereocenters. The van der Waals surface area contributed by atoms with E-state index >= 15 is 0 Å². The minimum Gasteiger partial charge on any atom is -0.440 e. The number of nitrogens with one attached hydrogen (secondary N) is 1. The Labute approximate surface area is 206 Å². The maximum absolute atomic E-state index is 13.7. The van der Waals surface area contributed by atoms with Crippen LogP contribution in [0.3, 0.4) is 0 Å². The van der Waals surface area contributed by atoms with Crippen LogP contribution in [0.4, 0.5) is 33.5 Å². The van der Waals surface area contributed by atoms with E-state index in [1.165, 1.54) is 29.2 Å². The largest absolute Gasteiger partial charge is 0.491 e. The summed E-state index contributed by atoms with van der Waals surface area (Å²) in [5, 5.41) is 3.18. The minimum absolute atomic E-state index is 0.00718. The Morgan fingerprint density at radius 3 is 2.41 bits per heavy atom. The lowest BCUT2D eigenvalue weighted by Crippen LogP contribution is -2.28. The monoisotopic (exact) mass is 524 g/mol. The van der Waals surface area contributed by atoms with Gasteiger partial charge in [0.15, 0.2) is 23.7 Å². The molecule has 1 saturated heterocycles. The summed E-state index contributed by atoms with van der Waals surface area (Å²) in [4.78, 5) is 37.6. The summed E-state index contributed by atoms with van der Waals surface area (Å²) in [5.74, 6) is -4.16. The van der Waals surface area contributed by atoms with Crippen molar-refractivity contribution >= 4 is 34.5 Å². The number of fused-ring (bicyclic) bond motifs is 1. The van der Waals surface area contributed by atoms with E-state index in [1.54, 1.807) is 26.0 Å². The van der Waals surface area contributed by atoms with Gasteiger partial charge in [-0.3, -0.25) is 4.79 Å². The molecule has 0 aliphatic carbocycles. The van der Waals surface area contributed by atoms with Gasteiger partial charge in [-0.2, -0.15) is 13.2 Å². The van der Waals surface area contributed by atoms with Crippen molar-refractivity contribution in [2.45, 2.75) is 38.4 Å². The maximum Gasteiger partial charge on any atom is 0.491 e. The Kier molecular flexibility index (Phi) is 6.94. The van der Waals surface area contributed by atoms with Gasteiger partial charge in [-0.15, -0.1) is 0 Å². The summed E-state index contributed by atoms with van der Waals surface area (Å²) in [5.41, 5.74) is 0.568. The van der Waals surface area contributed by atoms with Crippen molar-refractivity contribution in [3.05, 3.63) is 69.4 Å². The highest BCUT2D eigenvalue weighted by atomic mass is 19.4.